The Morgan fingerprint density at radius 2 is 2.24 bits per heavy atom. The molecule has 1 aromatic rings. The molecule has 0 aromatic carbocycles. The molecule has 1 unspecified atom stereocenters. The van der Waals surface area contributed by atoms with Crippen molar-refractivity contribution in [1.29, 1.82) is 0 Å². The number of nitrogens with one attached hydrogen (secondary N) is 1. The number of hydrogen-bond donors (Lipinski definition) is 1. The summed E-state index contributed by atoms with van der Waals surface area (Å²) in [6.45, 7) is -0.0312. The lowest BCUT2D eigenvalue weighted by Crippen LogP contribution is -2.45. The van der Waals surface area contributed by atoms with Gasteiger partial charge >= 0.3 is 12.4 Å². The third kappa shape index (κ3) is 3.46. The molecule has 2 saturated heterocycles. The minimum absolute atomic E-state index is 0.176. The number of fused-ring (bicyclic) bond motifs is 1. The summed E-state index contributed by atoms with van der Waals surface area (Å²) in [4.78, 5) is 24.7. The summed E-state index contributed by atoms with van der Waals surface area (Å²) in [5, 5.41) is -2.77. The molecule has 0 amide bonds. The van der Waals surface area contributed by atoms with E-state index in [0.717, 1.165) is 0 Å². The van der Waals surface area contributed by atoms with E-state index in [1.54, 1.807) is 18.8 Å². The maximum Gasteiger partial charge on any atom is 0.330 e. The van der Waals surface area contributed by atoms with Gasteiger partial charge in [-0.2, -0.15) is 4.39 Å². The molecule has 25 heavy (non-hydrogen) atoms. The highest BCUT2D eigenvalue weighted by Gasteiger charge is 2.62. The van der Waals surface area contributed by atoms with E-state index < -0.39 is 47.3 Å². The minimum atomic E-state index is -3.26. The molecule has 5 atom stereocenters. The second-order valence-electron chi connectivity index (χ2n) is 5.77. The van der Waals surface area contributed by atoms with Crippen LogP contribution in [0.15, 0.2) is 15.8 Å². The zero-order chi connectivity index (χ0) is 18.6. The largest absolute Gasteiger partial charge is 0.344 e. The Kier molecular flexibility index (Phi) is 4.95. The van der Waals surface area contributed by atoms with Crippen LogP contribution in [0.1, 0.15) is 20.1 Å². The van der Waals surface area contributed by atoms with Crippen LogP contribution in [0, 0.1) is 5.82 Å². The fourth-order valence-electron chi connectivity index (χ4n) is 2.51. The number of aromatic nitrogens is 2. The number of halogens is 3. The predicted octanol–water partition coefficient (Wildman–Crippen LogP) is 1.54. The van der Waals surface area contributed by atoms with Crippen LogP contribution in [-0.2, 0) is 30.1 Å². The van der Waals surface area contributed by atoms with E-state index in [2.05, 4.69) is 0 Å². The highest BCUT2D eigenvalue weighted by atomic mass is 35.5. The van der Waals surface area contributed by atoms with Crippen molar-refractivity contribution < 1.29 is 27.1 Å². The maximum atomic E-state index is 15.2. The van der Waals surface area contributed by atoms with E-state index in [9.17, 15) is 14.0 Å². The van der Waals surface area contributed by atoms with Crippen molar-refractivity contribution in [2.45, 2.75) is 43.5 Å². The molecule has 1 aromatic heterocycles. The van der Waals surface area contributed by atoms with Crippen LogP contribution in [0.25, 0.3) is 0 Å². The summed E-state index contributed by atoms with van der Waals surface area (Å²) in [6.07, 6.45) is -3.98. The lowest BCUT2D eigenvalue weighted by atomic mass is 10.1. The quantitative estimate of drug-likeness (QED) is 0.588. The van der Waals surface area contributed by atoms with E-state index in [0.29, 0.717) is 10.8 Å². The van der Waals surface area contributed by atoms with Gasteiger partial charge in [-0.15, -0.1) is 0 Å². The van der Waals surface area contributed by atoms with Crippen LogP contribution in [0.3, 0.4) is 0 Å². The van der Waals surface area contributed by atoms with Crippen molar-refractivity contribution in [3.05, 3.63) is 32.9 Å². The minimum Gasteiger partial charge on any atom is -0.344 e. The van der Waals surface area contributed by atoms with Crippen molar-refractivity contribution >= 4 is 30.1 Å². The Morgan fingerprint density at radius 3 is 2.88 bits per heavy atom. The average Bonchev–Trinajstić information content (AvgIpc) is 2.73. The van der Waals surface area contributed by atoms with Crippen LogP contribution >= 0.6 is 18.3 Å². The molecule has 3 heterocycles. The van der Waals surface area contributed by atoms with Crippen LogP contribution < -0.4 is 11.2 Å². The van der Waals surface area contributed by atoms with Crippen molar-refractivity contribution in [1.82, 2.24) is 9.55 Å². The third-order valence-corrected chi connectivity index (χ3v) is 6.37. The molecule has 2 aliphatic rings. The van der Waals surface area contributed by atoms with E-state index >= 15 is 4.39 Å². The van der Waals surface area contributed by atoms with Crippen LogP contribution in [0.4, 0.5) is 8.78 Å². The number of alkyl halides is 2. The highest BCUT2D eigenvalue weighted by molar-refractivity contribution is 8.07. The van der Waals surface area contributed by atoms with Crippen LogP contribution in [-0.4, -0.2) is 39.6 Å². The van der Waals surface area contributed by atoms with Gasteiger partial charge in [0.2, 0.25) is 5.82 Å². The van der Waals surface area contributed by atoms with Gasteiger partial charge in [-0.05, 0) is 25.7 Å². The molecule has 0 radical (unpaired) electrons. The van der Waals surface area contributed by atoms with Crippen LogP contribution in [0.5, 0.6) is 0 Å². The van der Waals surface area contributed by atoms with Crippen molar-refractivity contribution in [2.24, 2.45) is 0 Å². The number of hydrogen-bond acceptors (Lipinski definition) is 7. The van der Waals surface area contributed by atoms with Crippen molar-refractivity contribution in [2.75, 3.05) is 6.61 Å². The van der Waals surface area contributed by atoms with Gasteiger partial charge in [0, 0.05) is 0 Å². The van der Waals surface area contributed by atoms with Gasteiger partial charge in [0.15, 0.2) is 6.23 Å². The number of H-pyrrole nitrogens is 1. The molecule has 0 saturated carbocycles. The monoisotopic (exact) mass is 418 g/mol. The number of rotatable bonds is 3. The van der Waals surface area contributed by atoms with Crippen LogP contribution in [0.2, 0.25) is 0 Å². The second-order valence-corrected chi connectivity index (χ2v) is 9.26. The van der Waals surface area contributed by atoms with Gasteiger partial charge in [-0.3, -0.25) is 18.9 Å². The summed E-state index contributed by atoms with van der Waals surface area (Å²) >= 11 is 11.1. The highest BCUT2D eigenvalue weighted by Crippen LogP contribution is 2.61. The van der Waals surface area contributed by atoms with E-state index in [1.165, 1.54) is 0 Å². The summed E-state index contributed by atoms with van der Waals surface area (Å²) in [5.74, 6) is -1.30. The van der Waals surface area contributed by atoms with Gasteiger partial charge in [0.25, 0.3) is 10.7 Å². The second kappa shape index (κ2) is 6.49. The Hall–Kier alpha value is -0.680. The summed E-state index contributed by atoms with van der Waals surface area (Å²) in [5.41, 5.74) is -2.33. The molecule has 0 spiro atoms. The zero-order valence-corrected chi connectivity index (χ0v) is 15.4. The molecular weight excluding hydrogens is 405 g/mol. The topological polar surface area (TPSA) is 91.8 Å². The van der Waals surface area contributed by atoms with E-state index in [-0.39, 0.29) is 12.7 Å². The first-order valence-electron chi connectivity index (χ1n) is 7.19. The molecule has 1 N–H and O–H groups in total. The van der Waals surface area contributed by atoms with Gasteiger partial charge in [0.05, 0.1) is 18.9 Å². The molecule has 13 heteroatoms. The standard InChI is InChI=1S/C12H14ClF2N2O6PS/c1-5(2)22-24(25)20-4-7-8(23-24)12(13,15)10(21-7)17-3-6(14)9(18)16-11(17)19/h3,5,7-8,10H,4H2,1-2H3,(H,16,18,19)/t7-,8-,10-,12-,24?/m1/s1. The normalized spacial score (nSPS) is 38.1. The Bertz CT molecular complexity index is 846. The molecule has 3 rings (SSSR count). The SMILES string of the molecule is CC(C)OP1(=S)OC[C@H]2O[C@@H](n3cc(F)c(=O)[nH]c3=O)[C@@](F)(Cl)[C@@H]2O1. The molecule has 8 nitrogen and oxygen atoms in total. The number of aromatic amines is 1. The molecule has 0 bridgehead atoms. The average molecular weight is 419 g/mol. The van der Waals surface area contributed by atoms with Crippen molar-refractivity contribution in [3.63, 3.8) is 0 Å². The van der Waals surface area contributed by atoms with Gasteiger partial charge in [-0.1, -0.05) is 11.6 Å². The lowest BCUT2D eigenvalue weighted by molar-refractivity contribution is -0.0659. The van der Waals surface area contributed by atoms with Gasteiger partial charge in [0.1, 0.15) is 12.2 Å². The fourth-order valence-corrected chi connectivity index (χ4v) is 5.48. The summed E-state index contributed by atoms with van der Waals surface area (Å²) in [6, 6.07) is 0. The Labute approximate surface area is 150 Å². The first-order chi connectivity index (χ1) is 11.5. The third-order valence-electron chi connectivity index (χ3n) is 3.51. The van der Waals surface area contributed by atoms with E-state index in [4.69, 9.17) is 41.7 Å². The predicted molar refractivity (Wildman–Crippen MR) is 86.2 cm³/mol. The first-order valence-corrected chi connectivity index (χ1v) is 10.1. The lowest BCUT2D eigenvalue weighted by Gasteiger charge is -2.35. The smallest absolute Gasteiger partial charge is 0.330 e. The van der Waals surface area contributed by atoms with Gasteiger partial charge in [-0.25, -0.2) is 9.18 Å². The number of ether oxygens (including phenoxy) is 1. The van der Waals surface area contributed by atoms with Crippen molar-refractivity contribution in [3.8, 4) is 0 Å². The summed E-state index contributed by atoms with van der Waals surface area (Å²) < 4.78 is 50.8. The first kappa shape index (κ1) is 19.1. The summed E-state index contributed by atoms with van der Waals surface area (Å²) in [7, 11) is 0. The zero-order valence-electron chi connectivity index (χ0n) is 13.0. The fraction of sp³-hybridized carbons (Fsp3) is 0.667. The molecular formula is C12H14ClF2N2O6PS. The Balaban J connectivity index is 1.94. The molecule has 2 aliphatic heterocycles. The molecule has 140 valence electrons. The van der Waals surface area contributed by atoms with E-state index in [1.807, 2.05) is 0 Å². The molecule has 0 aliphatic carbocycles. The Morgan fingerprint density at radius 1 is 1.56 bits per heavy atom. The van der Waals surface area contributed by atoms with Gasteiger partial charge < -0.3 is 13.8 Å². The number of nitrogens with zero attached hydrogens (tertiary/aromatic N) is 1. The molecule has 2 fully saturated rings. The maximum absolute atomic E-state index is 15.2.